The van der Waals surface area contributed by atoms with E-state index in [9.17, 15) is 9.59 Å². The molecule has 0 radical (unpaired) electrons. The second kappa shape index (κ2) is 4.79. The number of allylic oxidation sites excluding steroid dienone is 1. The molecule has 0 spiro atoms. The van der Waals surface area contributed by atoms with E-state index in [0.717, 1.165) is 0 Å². The van der Waals surface area contributed by atoms with Crippen LogP contribution in [0.25, 0.3) is 0 Å². The predicted octanol–water partition coefficient (Wildman–Crippen LogP) is 0.886. The van der Waals surface area contributed by atoms with E-state index in [0.29, 0.717) is 25.9 Å². The zero-order valence-corrected chi connectivity index (χ0v) is 8.27. The first-order valence-corrected chi connectivity index (χ1v) is 4.77. The molecule has 1 saturated heterocycles. The molecule has 0 aromatic heterocycles. The number of rotatable bonds is 3. The van der Waals surface area contributed by atoms with E-state index >= 15 is 0 Å². The quantitative estimate of drug-likeness (QED) is 0.683. The van der Waals surface area contributed by atoms with Gasteiger partial charge in [-0.3, -0.25) is 9.59 Å². The van der Waals surface area contributed by atoms with Crippen molar-refractivity contribution < 1.29 is 14.7 Å². The van der Waals surface area contributed by atoms with Crippen LogP contribution in [0.2, 0.25) is 0 Å². The Bertz CT molecular complexity index is 260. The Balaban J connectivity index is 2.55. The van der Waals surface area contributed by atoms with Gasteiger partial charge in [0.25, 0.3) is 0 Å². The number of piperidine rings is 1. The number of carbonyl (C=O) groups excluding carboxylic acids is 1. The maximum atomic E-state index is 11.4. The van der Waals surface area contributed by atoms with Crippen LogP contribution in [0.3, 0.4) is 0 Å². The minimum atomic E-state index is -0.803. The number of aliphatic carboxylic acids is 1. The molecule has 0 aromatic carbocycles. The summed E-state index contributed by atoms with van der Waals surface area (Å²) in [6.45, 7) is 2.75. The van der Waals surface area contributed by atoms with Gasteiger partial charge in [-0.25, -0.2) is 0 Å². The topological polar surface area (TPSA) is 57.6 Å². The number of likely N-dealkylation sites (tertiary alicyclic amines) is 1. The average molecular weight is 197 g/mol. The Morgan fingerprint density at radius 1 is 1.71 bits per heavy atom. The molecule has 1 fully saturated rings. The van der Waals surface area contributed by atoms with Crippen LogP contribution in [-0.4, -0.2) is 35.0 Å². The van der Waals surface area contributed by atoms with Gasteiger partial charge in [0.1, 0.15) is 0 Å². The van der Waals surface area contributed by atoms with Crippen LogP contribution in [0.5, 0.6) is 0 Å². The number of carbonyl (C=O) groups is 2. The summed E-state index contributed by atoms with van der Waals surface area (Å²) in [5, 5.41) is 8.81. The SMILES string of the molecule is C/C=C/CN1CC(C(=O)O)CCC1=O. The lowest BCUT2D eigenvalue weighted by molar-refractivity contribution is -0.147. The highest BCUT2D eigenvalue weighted by molar-refractivity contribution is 5.80. The summed E-state index contributed by atoms with van der Waals surface area (Å²) >= 11 is 0. The molecular formula is C10H15NO3. The maximum Gasteiger partial charge on any atom is 0.308 e. The molecule has 0 aliphatic carbocycles. The van der Waals surface area contributed by atoms with E-state index in [1.54, 1.807) is 4.90 Å². The highest BCUT2D eigenvalue weighted by Crippen LogP contribution is 2.17. The largest absolute Gasteiger partial charge is 0.481 e. The molecule has 1 rings (SSSR count). The molecule has 4 nitrogen and oxygen atoms in total. The van der Waals surface area contributed by atoms with E-state index in [1.165, 1.54) is 0 Å². The van der Waals surface area contributed by atoms with Gasteiger partial charge < -0.3 is 10.0 Å². The number of nitrogens with zero attached hydrogens (tertiary/aromatic N) is 1. The second-order valence-corrected chi connectivity index (χ2v) is 3.44. The van der Waals surface area contributed by atoms with Crippen molar-refractivity contribution in [3.8, 4) is 0 Å². The third-order valence-electron chi connectivity index (χ3n) is 2.41. The van der Waals surface area contributed by atoms with Crippen LogP contribution in [0.1, 0.15) is 19.8 Å². The van der Waals surface area contributed by atoms with Crippen LogP contribution in [0.4, 0.5) is 0 Å². The highest BCUT2D eigenvalue weighted by atomic mass is 16.4. The smallest absolute Gasteiger partial charge is 0.308 e. The van der Waals surface area contributed by atoms with Gasteiger partial charge in [0.15, 0.2) is 0 Å². The lowest BCUT2D eigenvalue weighted by Crippen LogP contribution is -2.42. The van der Waals surface area contributed by atoms with E-state index in [1.807, 2.05) is 19.1 Å². The molecule has 0 bridgehead atoms. The third kappa shape index (κ3) is 2.58. The van der Waals surface area contributed by atoms with Gasteiger partial charge in [0, 0.05) is 19.5 Å². The van der Waals surface area contributed by atoms with E-state index in [-0.39, 0.29) is 5.91 Å². The molecule has 1 amide bonds. The first kappa shape index (κ1) is 10.8. The molecule has 1 heterocycles. The molecule has 4 heteroatoms. The van der Waals surface area contributed by atoms with Crippen molar-refractivity contribution in [1.82, 2.24) is 4.90 Å². The Morgan fingerprint density at radius 3 is 3.00 bits per heavy atom. The molecule has 78 valence electrons. The van der Waals surface area contributed by atoms with Crippen LogP contribution in [0, 0.1) is 5.92 Å². The fraction of sp³-hybridized carbons (Fsp3) is 0.600. The molecular weight excluding hydrogens is 182 g/mol. The Kier molecular flexibility index (Phi) is 3.68. The van der Waals surface area contributed by atoms with Gasteiger partial charge in [0.05, 0.1) is 5.92 Å². The van der Waals surface area contributed by atoms with Crippen molar-refractivity contribution in [1.29, 1.82) is 0 Å². The summed E-state index contributed by atoms with van der Waals surface area (Å²) < 4.78 is 0. The van der Waals surface area contributed by atoms with Crippen molar-refractivity contribution in [3.05, 3.63) is 12.2 Å². The maximum absolute atomic E-state index is 11.4. The molecule has 1 N–H and O–H groups in total. The van der Waals surface area contributed by atoms with E-state index < -0.39 is 11.9 Å². The first-order valence-electron chi connectivity index (χ1n) is 4.77. The summed E-state index contributed by atoms with van der Waals surface area (Å²) in [4.78, 5) is 23.7. The summed E-state index contributed by atoms with van der Waals surface area (Å²) in [6.07, 6.45) is 4.55. The van der Waals surface area contributed by atoms with Gasteiger partial charge in [-0.2, -0.15) is 0 Å². The lowest BCUT2D eigenvalue weighted by Gasteiger charge is -2.29. The number of hydrogen-bond donors (Lipinski definition) is 1. The second-order valence-electron chi connectivity index (χ2n) is 3.44. The fourth-order valence-corrected chi connectivity index (χ4v) is 1.53. The molecule has 0 saturated carbocycles. The zero-order valence-electron chi connectivity index (χ0n) is 8.27. The monoisotopic (exact) mass is 197 g/mol. The molecule has 0 aromatic rings. The summed E-state index contributed by atoms with van der Waals surface area (Å²) in [5.74, 6) is -1.14. The van der Waals surface area contributed by atoms with E-state index in [2.05, 4.69) is 0 Å². The molecule has 14 heavy (non-hydrogen) atoms. The van der Waals surface area contributed by atoms with Crippen LogP contribution < -0.4 is 0 Å². The van der Waals surface area contributed by atoms with Crippen molar-refractivity contribution >= 4 is 11.9 Å². The number of carboxylic acids is 1. The van der Waals surface area contributed by atoms with Crippen molar-refractivity contribution in [2.24, 2.45) is 5.92 Å². The highest BCUT2D eigenvalue weighted by Gasteiger charge is 2.29. The number of amides is 1. The Labute approximate surface area is 83.2 Å². The fourth-order valence-electron chi connectivity index (χ4n) is 1.53. The average Bonchev–Trinajstić information content (AvgIpc) is 2.16. The summed E-state index contributed by atoms with van der Waals surface area (Å²) in [5.41, 5.74) is 0. The van der Waals surface area contributed by atoms with Crippen LogP contribution >= 0.6 is 0 Å². The molecule has 1 unspecified atom stereocenters. The number of carboxylic acid groups (broad SMARTS) is 1. The summed E-state index contributed by atoms with van der Waals surface area (Å²) in [6, 6.07) is 0. The zero-order chi connectivity index (χ0) is 10.6. The van der Waals surface area contributed by atoms with E-state index in [4.69, 9.17) is 5.11 Å². The lowest BCUT2D eigenvalue weighted by atomic mass is 9.98. The number of hydrogen-bond acceptors (Lipinski definition) is 2. The van der Waals surface area contributed by atoms with Gasteiger partial charge in [-0.1, -0.05) is 12.2 Å². The van der Waals surface area contributed by atoms with Crippen molar-refractivity contribution in [3.63, 3.8) is 0 Å². The minimum Gasteiger partial charge on any atom is -0.481 e. The van der Waals surface area contributed by atoms with Crippen LogP contribution in [-0.2, 0) is 9.59 Å². The van der Waals surface area contributed by atoms with Gasteiger partial charge in [-0.15, -0.1) is 0 Å². The first-order chi connectivity index (χ1) is 6.65. The van der Waals surface area contributed by atoms with Crippen molar-refractivity contribution in [2.45, 2.75) is 19.8 Å². The Morgan fingerprint density at radius 2 is 2.43 bits per heavy atom. The normalized spacial score (nSPS) is 23.1. The predicted molar refractivity (Wildman–Crippen MR) is 51.8 cm³/mol. The Hall–Kier alpha value is -1.32. The molecule has 1 atom stereocenters. The third-order valence-corrected chi connectivity index (χ3v) is 2.41. The summed E-state index contributed by atoms with van der Waals surface area (Å²) in [7, 11) is 0. The van der Waals surface area contributed by atoms with Gasteiger partial charge in [-0.05, 0) is 13.3 Å². The minimum absolute atomic E-state index is 0.0561. The molecule has 1 aliphatic rings. The van der Waals surface area contributed by atoms with Gasteiger partial charge >= 0.3 is 5.97 Å². The van der Waals surface area contributed by atoms with Crippen LogP contribution in [0.15, 0.2) is 12.2 Å². The van der Waals surface area contributed by atoms with Crippen molar-refractivity contribution in [2.75, 3.05) is 13.1 Å². The van der Waals surface area contributed by atoms with Gasteiger partial charge in [0.2, 0.25) is 5.91 Å². The molecule has 1 aliphatic heterocycles. The standard InChI is InChI=1S/C10H15NO3/c1-2-3-6-11-7-8(10(13)14)4-5-9(11)12/h2-3,8H,4-7H2,1H3,(H,13,14)/b3-2+.